The van der Waals surface area contributed by atoms with Crippen LogP contribution in [0.15, 0.2) is 310 Å². The van der Waals surface area contributed by atoms with Crippen molar-refractivity contribution in [2.24, 2.45) is 0 Å². The van der Waals surface area contributed by atoms with E-state index in [1.54, 1.807) is 0 Å². The van der Waals surface area contributed by atoms with Gasteiger partial charge in [0.05, 0.1) is 33.5 Å². The van der Waals surface area contributed by atoms with Gasteiger partial charge in [-0.2, -0.15) is 9.13 Å². The Morgan fingerprint density at radius 1 is 0.354 bits per heavy atom. The Labute approximate surface area is 749 Å². The molecule has 127 heavy (non-hydrogen) atoms. The van der Waals surface area contributed by atoms with E-state index in [1.807, 2.05) is 0 Å². The first-order valence-corrected chi connectivity index (χ1v) is 45.9. The molecule has 0 bridgehead atoms. The van der Waals surface area contributed by atoms with Crippen LogP contribution in [0.25, 0.3) is 56.0 Å². The summed E-state index contributed by atoms with van der Waals surface area (Å²) in [5, 5.41) is 1.34. The molecule has 13 heteroatoms. The fourth-order valence-electron chi connectivity index (χ4n) is 24.3. The lowest BCUT2D eigenvalue weighted by Crippen LogP contribution is -2.59. The van der Waals surface area contributed by atoms with Crippen molar-refractivity contribution in [2.45, 2.75) is 120 Å². The van der Waals surface area contributed by atoms with Gasteiger partial charge in [-0.05, 0) is 157 Å². The number of hydrogen-bond acceptors (Lipinski definition) is 4. The maximum Gasteiger partial charge on any atom is 0.294 e. The Kier molecular flexibility index (Phi) is 18.5. The molecule has 0 radical (unpaired) electrons. The van der Waals surface area contributed by atoms with Crippen LogP contribution in [0.4, 0.5) is 39.8 Å². The molecule has 0 N–H and O–H groups in total. The fourth-order valence-corrected chi connectivity index (χ4v) is 24.3. The second kappa shape index (κ2) is 30.0. The number of aryl methyl sites for hydroxylation is 7. The van der Waals surface area contributed by atoms with E-state index in [2.05, 4.69) is 450 Å². The van der Waals surface area contributed by atoms with Gasteiger partial charge in [-0.3, -0.25) is 0 Å². The topological polar surface area (TPSA) is 34.5 Å². The largest absolute Gasteiger partial charge is 0.352 e. The Balaban J connectivity index is 0.0000000989. The normalized spacial score (nSPS) is 14.5. The quantitative estimate of drug-likeness (QED) is 0.112. The number of pyridine rings is 1. The van der Waals surface area contributed by atoms with Crippen LogP contribution in [-0.2, 0) is 26.1 Å². The Bertz CT molecular complexity index is 7360. The number of likely N-dealkylation sites (N-methyl/N-ethyl adjacent to an activating group) is 1. The highest BCUT2D eigenvalue weighted by molar-refractivity contribution is 7.00. The van der Waals surface area contributed by atoms with E-state index >= 15 is 0 Å². The van der Waals surface area contributed by atoms with E-state index in [1.165, 1.54) is 234 Å². The minimum absolute atomic E-state index is 0.213. The number of para-hydroxylation sites is 7. The van der Waals surface area contributed by atoms with E-state index < -0.39 is 0 Å². The highest BCUT2D eigenvalue weighted by atomic mass is 15.4. The summed E-state index contributed by atoms with van der Waals surface area (Å²) in [6, 6.07) is 106. The molecule has 14 aromatic carbocycles. The predicted octanol–water partition coefficient (Wildman–Crippen LogP) is 15.2. The molecule has 9 aliphatic rings. The van der Waals surface area contributed by atoms with Crippen LogP contribution in [0.5, 0.6) is 0 Å². The summed E-state index contributed by atoms with van der Waals surface area (Å²) >= 11 is 0. The zero-order chi connectivity index (χ0) is 86.4. The van der Waals surface area contributed by atoms with Gasteiger partial charge in [0.2, 0.25) is 38.7 Å². The molecular formula is C114H104B4N9+3. The number of nitrogens with zero attached hydrogens (tertiary/aromatic N) is 9. The van der Waals surface area contributed by atoms with Gasteiger partial charge in [-0.1, -0.05) is 326 Å². The van der Waals surface area contributed by atoms with Crippen LogP contribution < -0.4 is 99.0 Å². The molecule has 1 atom stereocenters. The third-order valence-electron chi connectivity index (χ3n) is 29.9. The number of fused-ring (bicyclic) bond motifs is 12. The number of hydrogen-bond donors (Lipinski definition) is 0. The first-order chi connectivity index (χ1) is 61.9. The van der Waals surface area contributed by atoms with Crippen LogP contribution in [0.2, 0.25) is 0 Å². The lowest BCUT2D eigenvalue weighted by atomic mass is 9.33. The summed E-state index contributed by atoms with van der Waals surface area (Å²) in [4.78, 5) is 9.95. The van der Waals surface area contributed by atoms with Gasteiger partial charge < -0.3 is 19.6 Å². The van der Waals surface area contributed by atoms with Gasteiger partial charge in [0.1, 0.15) is 42.0 Å². The van der Waals surface area contributed by atoms with Crippen LogP contribution in [0.1, 0.15) is 112 Å². The van der Waals surface area contributed by atoms with Gasteiger partial charge in [0, 0.05) is 89.9 Å². The van der Waals surface area contributed by atoms with Crippen LogP contribution >= 0.6 is 0 Å². The average Bonchev–Trinajstić information content (AvgIpc) is 1.54. The molecule has 0 spiro atoms. The third-order valence-corrected chi connectivity index (χ3v) is 29.9. The zero-order valence-electron chi connectivity index (χ0n) is 75.3. The molecule has 1 unspecified atom stereocenters. The number of anilines is 7. The smallest absolute Gasteiger partial charge is 0.294 e. The van der Waals surface area contributed by atoms with Gasteiger partial charge in [0.15, 0.2) is 19.3 Å². The Morgan fingerprint density at radius 3 is 1.44 bits per heavy atom. The molecule has 9 nitrogen and oxygen atoms in total. The summed E-state index contributed by atoms with van der Waals surface area (Å²) in [5.41, 5.74) is 55.6. The highest BCUT2D eigenvalue weighted by Crippen LogP contribution is 2.51. The molecule has 0 saturated carbocycles. The summed E-state index contributed by atoms with van der Waals surface area (Å²) in [6.07, 6.45) is 10.7. The minimum atomic E-state index is 0.213. The maximum absolute atomic E-state index is 2.61. The standard InChI is InChI=1S/C37H39BN3.C32H26BN2.C23H21BN2.C22H18BN2/c1-23(2)27-14-11-15-28(24(3)4)35(27)41-21-20-40-22-30-29(37(40)41)18-19-32-36(30)39(7)33-17-9-8-16-31(33)38(32)34-25(5)12-10-13-26(34)6;1-22-19-31-25-17-18-29-32(27(25)21-35(31)20-26(22)23-11-5-3-6-12-23)34(2)30-16-10-9-15-28(30)33(29)24-13-7-4-8-14-24;1-14-7-4-8-15(2)21(14)24-17-10-5-9-16-13-20-25(3)19-12-6-11-18(24)23(19)26(20)22(16)17;1-14-6-3-7-15(2)20(14)23-18-10-4-8-16-12-24-13-17-9-5-11-19(23)22(17)25(24)21(16)18/h8-21,23-24H,22H2,1-7H3;3-20H,21H2,1-2H3;4-12,20H,13H2,1-3H3;3-12H,13H2,1-2H3/q2*+1;;+1. The molecule has 9 aliphatic heterocycles. The van der Waals surface area contributed by atoms with Crippen molar-refractivity contribution in [1.29, 1.82) is 0 Å². The predicted molar refractivity (Wildman–Crippen MR) is 535 cm³/mol. The number of aromatic nitrogens is 5. The summed E-state index contributed by atoms with van der Waals surface area (Å²) < 4.78 is 12.2. The number of benzene rings is 14. The van der Waals surface area contributed by atoms with E-state index in [-0.39, 0.29) is 13.4 Å². The van der Waals surface area contributed by atoms with Crippen molar-refractivity contribution in [1.82, 2.24) is 9.25 Å². The van der Waals surface area contributed by atoms with Crippen molar-refractivity contribution in [3.05, 3.63) is 382 Å². The van der Waals surface area contributed by atoms with E-state index in [9.17, 15) is 0 Å². The van der Waals surface area contributed by atoms with Gasteiger partial charge in [-0.15, -0.1) is 9.36 Å². The SMILES string of the molecule is Cc1cc2[n+](cc1-c1ccccc1)Cc1c-2ccc2c1N(C)c1ccccc1B2c1ccccc1.Cc1cccc(C)c1B1c2cccc3c2-n2c4c1cccc4c[n+]2C3.Cc1cccc(C)c1B1c2cccc3c2N2c4c1cccc4N(C)C2C3.Cc1cccc(C)c1B1c2ccccc2N(C)c2c1ccc1c2C[n+]2ccn(-c3c(C(C)C)cccc3C(C)C)c2-1. The van der Waals surface area contributed by atoms with Crippen LogP contribution in [0.3, 0.4) is 0 Å². The molecule has 614 valence electrons. The Morgan fingerprint density at radius 2 is 0.819 bits per heavy atom. The highest BCUT2D eigenvalue weighted by Gasteiger charge is 2.51. The van der Waals surface area contributed by atoms with E-state index in [0.717, 1.165) is 26.1 Å². The molecule has 3 aromatic heterocycles. The molecule has 0 amide bonds. The second-order valence-corrected chi connectivity index (χ2v) is 37.7. The number of rotatable bonds is 8. The zero-order valence-corrected chi connectivity index (χ0v) is 75.3. The van der Waals surface area contributed by atoms with Crippen molar-refractivity contribution in [3.8, 4) is 45.1 Å². The molecule has 0 saturated heterocycles. The molecule has 0 aliphatic carbocycles. The second-order valence-electron chi connectivity index (χ2n) is 37.7. The molecule has 12 heterocycles. The van der Waals surface area contributed by atoms with E-state index in [4.69, 9.17) is 0 Å². The number of imidazole rings is 1. The van der Waals surface area contributed by atoms with Crippen LogP contribution in [-0.4, -0.2) is 63.4 Å². The van der Waals surface area contributed by atoms with Crippen LogP contribution in [0, 0.1) is 48.5 Å². The third kappa shape index (κ3) is 11.9. The van der Waals surface area contributed by atoms with Crippen molar-refractivity contribution in [2.75, 3.05) is 40.7 Å². The summed E-state index contributed by atoms with van der Waals surface area (Å²) in [5.74, 6) is 2.17. The first-order valence-electron chi connectivity index (χ1n) is 45.9. The molecule has 17 aromatic rings. The maximum atomic E-state index is 2.61. The van der Waals surface area contributed by atoms with Gasteiger partial charge in [0.25, 0.3) is 5.82 Å². The lowest BCUT2D eigenvalue weighted by Gasteiger charge is -2.36. The van der Waals surface area contributed by atoms with Gasteiger partial charge >= 0.3 is 0 Å². The summed E-state index contributed by atoms with van der Waals surface area (Å²) in [6.45, 7) is 28.8. The fraction of sp³-hybridized carbons (Fsp3) is 0.184. The first kappa shape index (κ1) is 78.1. The van der Waals surface area contributed by atoms with Crippen molar-refractivity contribution >= 4 is 143 Å². The van der Waals surface area contributed by atoms with Crippen molar-refractivity contribution < 1.29 is 13.8 Å². The lowest BCUT2D eigenvalue weighted by molar-refractivity contribution is -0.749. The monoisotopic (exact) mass is 1640 g/mol. The average molecular weight is 1640 g/mol. The van der Waals surface area contributed by atoms with Gasteiger partial charge in [-0.25, -0.2) is 4.57 Å². The molecule has 0 fully saturated rings. The van der Waals surface area contributed by atoms with Crippen molar-refractivity contribution in [3.63, 3.8) is 0 Å². The Hall–Kier alpha value is -13.6. The molecule has 26 rings (SSSR count). The van der Waals surface area contributed by atoms with E-state index in [0.29, 0.717) is 31.4 Å². The minimum Gasteiger partial charge on any atom is -0.352 e. The molecular weight excluding hydrogens is 1540 g/mol. The summed E-state index contributed by atoms with van der Waals surface area (Å²) in [7, 11) is 6.73.